The summed E-state index contributed by atoms with van der Waals surface area (Å²) in [6, 6.07) is 15.4. The maximum atomic E-state index is 12.1. The Morgan fingerprint density at radius 3 is 2.48 bits per heavy atom. The maximum Gasteiger partial charge on any atom is 0.235 e. The number of carbonyl (C=O) groups is 1. The van der Waals surface area contributed by atoms with Gasteiger partial charge in [-0.25, -0.2) is 8.42 Å². The molecule has 0 heterocycles. The fraction of sp³-hybridized carbons (Fsp3) is 0.222. The fourth-order valence-electron chi connectivity index (χ4n) is 2.27. The molecule has 1 N–H and O–H groups in total. The average Bonchev–Trinajstić information content (AvgIpc) is 2.60. The van der Waals surface area contributed by atoms with E-state index in [0.717, 1.165) is 5.56 Å². The van der Waals surface area contributed by atoms with E-state index in [0.29, 0.717) is 16.9 Å². The fourth-order valence-corrected chi connectivity index (χ4v) is 3.58. The van der Waals surface area contributed by atoms with E-state index in [1.165, 1.54) is 7.11 Å². The lowest BCUT2D eigenvalue weighted by Crippen LogP contribution is -2.30. The molecule has 0 aliphatic rings. The molecular weight excluding hydrogens is 340 g/mol. The van der Waals surface area contributed by atoms with Crippen LogP contribution in [0, 0.1) is 11.3 Å². The van der Waals surface area contributed by atoms with Crippen LogP contribution in [-0.4, -0.2) is 27.2 Å². The summed E-state index contributed by atoms with van der Waals surface area (Å²) in [7, 11) is -2.07. The van der Waals surface area contributed by atoms with Crippen molar-refractivity contribution in [3.05, 3.63) is 65.2 Å². The van der Waals surface area contributed by atoms with Gasteiger partial charge < -0.3 is 10.1 Å². The van der Waals surface area contributed by atoms with E-state index in [1.54, 1.807) is 36.4 Å². The van der Waals surface area contributed by atoms with Crippen LogP contribution in [0.1, 0.15) is 16.7 Å². The number of nitrogens with zero attached hydrogens (tertiary/aromatic N) is 1. The SMILES string of the molecule is COc1ccccc1CNC(=O)CS(=O)(=O)Cc1ccc(C#N)cc1. The van der Waals surface area contributed by atoms with Gasteiger partial charge in [0.15, 0.2) is 9.84 Å². The summed E-state index contributed by atoms with van der Waals surface area (Å²) in [5.41, 5.74) is 1.76. The van der Waals surface area contributed by atoms with Crippen LogP contribution in [0.25, 0.3) is 0 Å². The van der Waals surface area contributed by atoms with Crippen molar-refractivity contribution in [2.45, 2.75) is 12.3 Å². The predicted octanol–water partition coefficient (Wildman–Crippen LogP) is 1.80. The highest BCUT2D eigenvalue weighted by Gasteiger charge is 2.17. The van der Waals surface area contributed by atoms with Gasteiger partial charge in [0.1, 0.15) is 11.5 Å². The first-order valence-electron chi connectivity index (χ1n) is 7.51. The van der Waals surface area contributed by atoms with Crippen LogP contribution in [0.2, 0.25) is 0 Å². The molecule has 6 nitrogen and oxygen atoms in total. The number of amides is 1. The molecule has 0 saturated heterocycles. The van der Waals surface area contributed by atoms with Crippen molar-refractivity contribution in [3.63, 3.8) is 0 Å². The first kappa shape index (κ1) is 18.5. The molecule has 0 spiro atoms. The largest absolute Gasteiger partial charge is 0.496 e. The molecule has 0 fully saturated rings. The highest BCUT2D eigenvalue weighted by Crippen LogP contribution is 2.16. The van der Waals surface area contributed by atoms with Crippen LogP contribution in [0.3, 0.4) is 0 Å². The number of ether oxygens (including phenoxy) is 1. The van der Waals surface area contributed by atoms with Gasteiger partial charge in [0.25, 0.3) is 0 Å². The smallest absolute Gasteiger partial charge is 0.235 e. The van der Waals surface area contributed by atoms with Crippen molar-refractivity contribution in [2.75, 3.05) is 12.9 Å². The third-order valence-electron chi connectivity index (χ3n) is 3.49. The molecule has 2 aromatic rings. The molecule has 0 saturated carbocycles. The predicted molar refractivity (Wildman–Crippen MR) is 93.5 cm³/mol. The Bertz CT molecular complexity index is 884. The molecule has 0 unspecified atom stereocenters. The Labute approximate surface area is 147 Å². The number of carbonyl (C=O) groups excluding carboxylic acids is 1. The Kier molecular flexibility index (Phi) is 6.14. The van der Waals surface area contributed by atoms with Gasteiger partial charge in [-0.2, -0.15) is 5.26 Å². The third kappa shape index (κ3) is 5.62. The lowest BCUT2D eigenvalue weighted by molar-refractivity contribution is -0.118. The van der Waals surface area contributed by atoms with Gasteiger partial charge in [0.05, 0.1) is 24.5 Å². The van der Waals surface area contributed by atoms with E-state index < -0.39 is 21.5 Å². The lowest BCUT2D eigenvalue weighted by atomic mass is 10.2. The number of sulfone groups is 1. The normalized spacial score (nSPS) is 10.7. The quantitative estimate of drug-likeness (QED) is 0.814. The van der Waals surface area contributed by atoms with Gasteiger partial charge in [-0.3, -0.25) is 4.79 Å². The van der Waals surface area contributed by atoms with Gasteiger partial charge >= 0.3 is 0 Å². The second kappa shape index (κ2) is 8.31. The summed E-state index contributed by atoms with van der Waals surface area (Å²) < 4.78 is 29.5. The summed E-state index contributed by atoms with van der Waals surface area (Å²) in [4.78, 5) is 11.9. The molecule has 2 aromatic carbocycles. The van der Waals surface area contributed by atoms with E-state index in [1.807, 2.05) is 18.2 Å². The highest BCUT2D eigenvalue weighted by molar-refractivity contribution is 7.91. The number of hydrogen-bond donors (Lipinski definition) is 1. The van der Waals surface area contributed by atoms with E-state index in [2.05, 4.69) is 5.32 Å². The number of benzene rings is 2. The molecule has 25 heavy (non-hydrogen) atoms. The molecule has 7 heteroatoms. The number of para-hydroxylation sites is 1. The second-order valence-corrected chi connectivity index (χ2v) is 7.49. The second-order valence-electron chi connectivity index (χ2n) is 5.43. The molecule has 130 valence electrons. The summed E-state index contributed by atoms with van der Waals surface area (Å²) in [6.07, 6.45) is 0. The first-order valence-corrected chi connectivity index (χ1v) is 9.34. The van der Waals surface area contributed by atoms with Crippen LogP contribution < -0.4 is 10.1 Å². The Balaban J connectivity index is 1.93. The van der Waals surface area contributed by atoms with Crippen LogP contribution >= 0.6 is 0 Å². The van der Waals surface area contributed by atoms with Crippen molar-refractivity contribution in [1.29, 1.82) is 5.26 Å². The molecule has 0 aliphatic heterocycles. The van der Waals surface area contributed by atoms with Crippen LogP contribution in [-0.2, 0) is 26.9 Å². The molecular formula is C18H18N2O4S. The van der Waals surface area contributed by atoms with Gasteiger partial charge in [-0.15, -0.1) is 0 Å². The van der Waals surface area contributed by atoms with E-state index >= 15 is 0 Å². The first-order chi connectivity index (χ1) is 11.9. The van der Waals surface area contributed by atoms with Gasteiger partial charge in [-0.05, 0) is 23.8 Å². The Morgan fingerprint density at radius 2 is 1.84 bits per heavy atom. The van der Waals surface area contributed by atoms with Crippen molar-refractivity contribution in [1.82, 2.24) is 5.32 Å². The van der Waals surface area contributed by atoms with Crippen molar-refractivity contribution >= 4 is 15.7 Å². The third-order valence-corrected chi connectivity index (χ3v) is 4.96. The highest BCUT2D eigenvalue weighted by atomic mass is 32.2. The molecule has 0 radical (unpaired) electrons. The molecule has 1 amide bonds. The Morgan fingerprint density at radius 1 is 1.16 bits per heavy atom. The summed E-state index contributed by atoms with van der Waals surface area (Å²) in [5.74, 6) is -0.786. The zero-order valence-electron chi connectivity index (χ0n) is 13.7. The summed E-state index contributed by atoms with van der Waals surface area (Å²) in [5, 5.41) is 11.3. The van der Waals surface area contributed by atoms with E-state index in [4.69, 9.17) is 10.00 Å². The minimum Gasteiger partial charge on any atom is -0.496 e. The number of nitrogens with one attached hydrogen (secondary N) is 1. The number of rotatable bonds is 7. The lowest BCUT2D eigenvalue weighted by Gasteiger charge is -2.10. The van der Waals surface area contributed by atoms with Crippen molar-refractivity contribution in [2.24, 2.45) is 0 Å². The molecule has 0 aromatic heterocycles. The number of hydrogen-bond acceptors (Lipinski definition) is 5. The topological polar surface area (TPSA) is 96.3 Å². The zero-order chi connectivity index (χ0) is 18.3. The molecule has 0 atom stereocenters. The van der Waals surface area contributed by atoms with Crippen LogP contribution in [0.4, 0.5) is 0 Å². The van der Waals surface area contributed by atoms with Crippen LogP contribution in [0.15, 0.2) is 48.5 Å². The summed E-state index contributed by atoms with van der Waals surface area (Å²) >= 11 is 0. The van der Waals surface area contributed by atoms with Crippen molar-refractivity contribution in [3.8, 4) is 11.8 Å². The van der Waals surface area contributed by atoms with Gasteiger partial charge in [-0.1, -0.05) is 30.3 Å². The molecule has 0 bridgehead atoms. The molecule has 2 rings (SSSR count). The minimum atomic E-state index is -3.60. The maximum absolute atomic E-state index is 12.1. The Hall–Kier alpha value is -2.85. The monoisotopic (exact) mass is 358 g/mol. The van der Waals surface area contributed by atoms with E-state index in [-0.39, 0.29) is 12.3 Å². The van der Waals surface area contributed by atoms with Gasteiger partial charge in [0.2, 0.25) is 5.91 Å². The standard InChI is InChI=1S/C18H18N2O4S/c1-24-17-5-3-2-4-16(17)11-20-18(21)13-25(22,23)12-15-8-6-14(10-19)7-9-15/h2-9H,11-13H2,1H3,(H,20,21). The number of nitriles is 1. The molecule has 0 aliphatic carbocycles. The van der Waals surface area contributed by atoms with Gasteiger partial charge in [0, 0.05) is 12.1 Å². The number of methoxy groups -OCH3 is 1. The van der Waals surface area contributed by atoms with E-state index in [9.17, 15) is 13.2 Å². The average molecular weight is 358 g/mol. The van der Waals surface area contributed by atoms with Crippen molar-refractivity contribution < 1.29 is 17.9 Å². The van der Waals surface area contributed by atoms with Crippen LogP contribution in [0.5, 0.6) is 5.75 Å². The summed E-state index contributed by atoms with van der Waals surface area (Å²) in [6.45, 7) is 0.190. The zero-order valence-corrected chi connectivity index (χ0v) is 14.5. The minimum absolute atomic E-state index is 0.190.